The number of carbonyl (C=O) groups excluding carboxylic acids is 1. The molecule has 4 heterocycles. The summed E-state index contributed by atoms with van der Waals surface area (Å²) in [6.45, 7) is 4.38. The molecule has 0 radical (unpaired) electrons. The average Bonchev–Trinajstić information content (AvgIpc) is 3.06. The summed E-state index contributed by atoms with van der Waals surface area (Å²) < 4.78 is 13.4. The van der Waals surface area contributed by atoms with E-state index in [1.807, 2.05) is 18.2 Å². The molecule has 3 saturated heterocycles. The molecule has 24 heavy (non-hydrogen) atoms. The van der Waals surface area contributed by atoms with Crippen molar-refractivity contribution in [2.75, 3.05) is 13.1 Å². The first kappa shape index (κ1) is 15.8. The Morgan fingerprint density at radius 3 is 2.92 bits per heavy atom. The highest BCUT2D eigenvalue weighted by Gasteiger charge is 2.38. The predicted molar refractivity (Wildman–Crippen MR) is 94.7 cm³/mol. The van der Waals surface area contributed by atoms with Gasteiger partial charge in [0.2, 0.25) is 0 Å². The van der Waals surface area contributed by atoms with Crippen LogP contribution in [0.4, 0.5) is 4.39 Å². The molecule has 1 aromatic heterocycles. The number of carbonyl (C=O) groups is 1. The minimum Gasteiger partial charge on any atom is -0.347 e. The fraction of sp³-hybridized carbons (Fsp3) is 0.421. The van der Waals surface area contributed by atoms with Crippen LogP contribution in [0, 0.1) is 11.7 Å². The summed E-state index contributed by atoms with van der Waals surface area (Å²) in [6.07, 6.45) is 2.35. The van der Waals surface area contributed by atoms with Crippen molar-refractivity contribution >= 4 is 17.2 Å². The normalized spacial score (nSPS) is 28.8. The summed E-state index contributed by atoms with van der Waals surface area (Å²) in [5.74, 6) is 0.332. The van der Waals surface area contributed by atoms with Crippen LogP contribution >= 0.6 is 11.3 Å². The highest BCUT2D eigenvalue weighted by molar-refractivity contribution is 7.17. The number of thiophene rings is 1. The van der Waals surface area contributed by atoms with Crippen LogP contribution in [0.5, 0.6) is 0 Å². The van der Waals surface area contributed by atoms with Crippen LogP contribution in [0.15, 0.2) is 36.4 Å². The van der Waals surface area contributed by atoms with E-state index in [1.165, 1.54) is 36.3 Å². The van der Waals surface area contributed by atoms with Crippen molar-refractivity contribution in [3.63, 3.8) is 0 Å². The van der Waals surface area contributed by atoms with E-state index in [1.54, 1.807) is 6.07 Å². The van der Waals surface area contributed by atoms with E-state index in [9.17, 15) is 9.18 Å². The maximum atomic E-state index is 13.4. The van der Waals surface area contributed by atoms with Gasteiger partial charge in [-0.05, 0) is 62.1 Å². The van der Waals surface area contributed by atoms with E-state index in [0.29, 0.717) is 16.8 Å². The molecule has 0 spiro atoms. The number of hydrogen-bond acceptors (Lipinski definition) is 3. The highest BCUT2D eigenvalue weighted by Crippen LogP contribution is 2.33. The molecule has 3 aliphatic rings. The molecule has 3 fully saturated rings. The van der Waals surface area contributed by atoms with Crippen LogP contribution in [-0.4, -0.2) is 36.0 Å². The number of nitrogens with zero attached hydrogens (tertiary/aromatic N) is 1. The summed E-state index contributed by atoms with van der Waals surface area (Å²) in [5.41, 5.74) is 0.815. The third-order valence-electron chi connectivity index (χ3n) is 5.31. The fourth-order valence-electron chi connectivity index (χ4n) is 3.96. The Hall–Kier alpha value is -1.72. The first-order valence-corrected chi connectivity index (χ1v) is 9.32. The standard InChI is InChI=1S/C19H21FN2OS/c1-12-9-13-7-8-22(12)11-16(13)21-19(23)18-6-5-17(24-18)14-3-2-4-15(20)10-14/h2-6,10,12-13,16H,7-9,11H2,1H3,(H,21,23)/t12?,13?,16-/m0/s1. The first-order valence-electron chi connectivity index (χ1n) is 8.51. The van der Waals surface area contributed by atoms with Crippen LogP contribution < -0.4 is 5.32 Å². The maximum absolute atomic E-state index is 13.4. The van der Waals surface area contributed by atoms with Gasteiger partial charge < -0.3 is 5.32 Å². The number of hydrogen-bond donors (Lipinski definition) is 1. The molecule has 3 aliphatic heterocycles. The van der Waals surface area contributed by atoms with Crippen molar-refractivity contribution in [3.05, 3.63) is 47.1 Å². The summed E-state index contributed by atoms with van der Waals surface area (Å²) in [6, 6.07) is 11.1. The van der Waals surface area contributed by atoms with Crippen molar-refractivity contribution in [2.24, 2.45) is 5.92 Å². The summed E-state index contributed by atoms with van der Waals surface area (Å²) in [5, 5.41) is 3.22. The minimum absolute atomic E-state index is 0.00550. The zero-order chi connectivity index (χ0) is 16.7. The number of benzene rings is 1. The monoisotopic (exact) mass is 344 g/mol. The Morgan fingerprint density at radius 2 is 2.21 bits per heavy atom. The second-order valence-corrected chi connectivity index (χ2v) is 7.97. The SMILES string of the molecule is CC1CC2CCN1C[C@@H]2NC(=O)c1ccc(-c2cccc(F)c2)s1. The molecular formula is C19H21FN2OS. The van der Waals surface area contributed by atoms with Gasteiger partial charge >= 0.3 is 0 Å². The Bertz CT molecular complexity index is 759. The Kier molecular flexibility index (Phi) is 4.14. The maximum Gasteiger partial charge on any atom is 0.261 e. The van der Waals surface area contributed by atoms with Crippen molar-refractivity contribution in [3.8, 4) is 10.4 Å². The van der Waals surface area contributed by atoms with Crippen molar-refractivity contribution in [2.45, 2.75) is 31.8 Å². The van der Waals surface area contributed by atoms with Gasteiger partial charge in [0, 0.05) is 23.5 Å². The zero-order valence-corrected chi connectivity index (χ0v) is 14.5. The minimum atomic E-state index is -0.256. The average molecular weight is 344 g/mol. The Balaban J connectivity index is 1.46. The molecule has 3 unspecified atom stereocenters. The van der Waals surface area contributed by atoms with Crippen LogP contribution in [-0.2, 0) is 0 Å². The molecule has 1 amide bonds. The molecule has 126 valence electrons. The smallest absolute Gasteiger partial charge is 0.261 e. The van der Waals surface area contributed by atoms with E-state index >= 15 is 0 Å². The molecule has 0 aliphatic carbocycles. The third-order valence-corrected chi connectivity index (χ3v) is 6.44. The van der Waals surface area contributed by atoms with Gasteiger partial charge in [-0.2, -0.15) is 0 Å². The summed E-state index contributed by atoms with van der Waals surface area (Å²) in [4.78, 5) is 16.7. The lowest BCUT2D eigenvalue weighted by atomic mass is 9.80. The van der Waals surface area contributed by atoms with E-state index in [-0.39, 0.29) is 17.8 Å². The van der Waals surface area contributed by atoms with Crippen LogP contribution in [0.1, 0.15) is 29.4 Å². The van der Waals surface area contributed by atoms with Crippen molar-refractivity contribution < 1.29 is 9.18 Å². The number of nitrogens with one attached hydrogen (secondary N) is 1. The quantitative estimate of drug-likeness (QED) is 0.919. The number of fused-ring (bicyclic) bond motifs is 3. The van der Waals surface area contributed by atoms with E-state index < -0.39 is 0 Å². The molecular weight excluding hydrogens is 323 g/mol. The fourth-order valence-corrected chi connectivity index (χ4v) is 4.86. The van der Waals surface area contributed by atoms with E-state index in [0.717, 1.165) is 23.5 Å². The van der Waals surface area contributed by atoms with E-state index in [4.69, 9.17) is 0 Å². The number of amides is 1. The largest absolute Gasteiger partial charge is 0.347 e. The summed E-state index contributed by atoms with van der Waals surface area (Å²) >= 11 is 1.42. The van der Waals surface area contributed by atoms with Crippen LogP contribution in [0.3, 0.4) is 0 Å². The molecule has 5 rings (SSSR count). The van der Waals surface area contributed by atoms with Gasteiger partial charge in [-0.1, -0.05) is 12.1 Å². The Labute approximate surface area is 145 Å². The van der Waals surface area contributed by atoms with Gasteiger partial charge in [0.05, 0.1) is 4.88 Å². The lowest BCUT2D eigenvalue weighted by Gasteiger charge is -2.48. The second-order valence-electron chi connectivity index (χ2n) is 6.88. The first-order chi connectivity index (χ1) is 11.6. The van der Waals surface area contributed by atoms with Crippen LogP contribution in [0.2, 0.25) is 0 Å². The second kappa shape index (κ2) is 6.30. The van der Waals surface area contributed by atoms with Gasteiger partial charge in [-0.3, -0.25) is 9.69 Å². The van der Waals surface area contributed by atoms with E-state index in [2.05, 4.69) is 17.1 Å². The lowest BCUT2D eigenvalue weighted by molar-refractivity contribution is 0.0275. The molecule has 2 aromatic rings. The number of piperidine rings is 3. The zero-order valence-electron chi connectivity index (χ0n) is 13.7. The number of halogens is 1. The van der Waals surface area contributed by atoms with Gasteiger partial charge in [0.1, 0.15) is 5.82 Å². The van der Waals surface area contributed by atoms with Gasteiger partial charge in [0.25, 0.3) is 5.91 Å². The molecule has 2 bridgehead atoms. The predicted octanol–water partition coefficient (Wildman–Crippen LogP) is 3.77. The van der Waals surface area contributed by atoms with Gasteiger partial charge in [0.15, 0.2) is 0 Å². The molecule has 0 saturated carbocycles. The Morgan fingerprint density at radius 1 is 1.33 bits per heavy atom. The molecule has 5 heteroatoms. The van der Waals surface area contributed by atoms with Crippen LogP contribution in [0.25, 0.3) is 10.4 Å². The summed E-state index contributed by atoms with van der Waals surface area (Å²) in [7, 11) is 0. The lowest BCUT2D eigenvalue weighted by Crippen LogP contribution is -2.60. The molecule has 1 N–H and O–H groups in total. The third kappa shape index (κ3) is 2.98. The molecule has 3 nitrogen and oxygen atoms in total. The molecule has 4 atom stereocenters. The van der Waals surface area contributed by atoms with Gasteiger partial charge in [-0.15, -0.1) is 11.3 Å². The van der Waals surface area contributed by atoms with Gasteiger partial charge in [-0.25, -0.2) is 4.39 Å². The number of rotatable bonds is 3. The van der Waals surface area contributed by atoms with Crippen molar-refractivity contribution in [1.82, 2.24) is 10.2 Å². The topological polar surface area (TPSA) is 32.3 Å². The highest BCUT2D eigenvalue weighted by atomic mass is 32.1. The van der Waals surface area contributed by atoms with Crippen molar-refractivity contribution in [1.29, 1.82) is 0 Å². The molecule has 1 aromatic carbocycles.